The molecule has 130 valence electrons. The van der Waals surface area contributed by atoms with Crippen molar-refractivity contribution < 1.29 is 14.3 Å². The topological polar surface area (TPSA) is 79.1 Å². The molecule has 2 N–H and O–H groups in total. The van der Waals surface area contributed by atoms with Gasteiger partial charge >= 0.3 is 6.03 Å². The molecular formula is C16H28N4O3. The summed E-state index contributed by atoms with van der Waals surface area (Å²) in [5.41, 5.74) is 5.35. The zero-order valence-electron chi connectivity index (χ0n) is 13.8. The molecule has 7 nitrogen and oxygen atoms in total. The van der Waals surface area contributed by atoms with Gasteiger partial charge in [-0.15, -0.1) is 0 Å². The molecule has 0 aromatic carbocycles. The number of primary amides is 1. The summed E-state index contributed by atoms with van der Waals surface area (Å²) in [7, 11) is 0. The maximum atomic E-state index is 12.7. The Balaban J connectivity index is 1.48. The van der Waals surface area contributed by atoms with Crippen LogP contribution in [0.3, 0.4) is 0 Å². The van der Waals surface area contributed by atoms with Crippen molar-refractivity contribution >= 4 is 11.9 Å². The van der Waals surface area contributed by atoms with E-state index in [1.807, 2.05) is 4.90 Å². The molecule has 7 heteroatoms. The second kappa shape index (κ2) is 7.49. The van der Waals surface area contributed by atoms with Crippen molar-refractivity contribution in [1.29, 1.82) is 0 Å². The lowest BCUT2D eigenvalue weighted by Gasteiger charge is -2.42. The summed E-state index contributed by atoms with van der Waals surface area (Å²) in [4.78, 5) is 30.1. The minimum atomic E-state index is -0.410. The third-order valence-electron chi connectivity index (χ3n) is 5.42. The van der Waals surface area contributed by atoms with Crippen LogP contribution >= 0.6 is 0 Å². The van der Waals surface area contributed by atoms with E-state index in [9.17, 15) is 9.59 Å². The highest BCUT2D eigenvalue weighted by Crippen LogP contribution is 2.21. The van der Waals surface area contributed by atoms with Crippen LogP contribution in [0.5, 0.6) is 0 Å². The Labute approximate surface area is 137 Å². The number of piperazine rings is 1. The molecule has 0 aromatic heterocycles. The number of nitrogens with zero attached hydrogens (tertiary/aromatic N) is 3. The monoisotopic (exact) mass is 324 g/mol. The number of hydrogen-bond acceptors (Lipinski definition) is 4. The standard InChI is InChI=1S/C16H28N4O3/c17-16(22)20-5-1-2-13(12-20)15(21)19-8-6-18(7-9-19)14-3-10-23-11-4-14/h13-14H,1-12H2,(H2,17,22). The van der Waals surface area contributed by atoms with Gasteiger partial charge in [0.25, 0.3) is 0 Å². The number of rotatable bonds is 2. The number of hydrogen-bond donors (Lipinski definition) is 1. The van der Waals surface area contributed by atoms with Crippen molar-refractivity contribution in [2.75, 3.05) is 52.5 Å². The summed E-state index contributed by atoms with van der Waals surface area (Å²) in [6, 6.07) is 0.202. The lowest BCUT2D eigenvalue weighted by atomic mass is 9.96. The van der Waals surface area contributed by atoms with Crippen LogP contribution in [0.1, 0.15) is 25.7 Å². The van der Waals surface area contributed by atoms with Gasteiger partial charge in [-0.25, -0.2) is 4.79 Å². The van der Waals surface area contributed by atoms with E-state index < -0.39 is 6.03 Å². The summed E-state index contributed by atoms with van der Waals surface area (Å²) in [5.74, 6) is 0.119. The molecular weight excluding hydrogens is 296 g/mol. The normalized spacial score (nSPS) is 27.9. The first kappa shape index (κ1) is 16.5. The third-order valence-corrected chi connectivity index (χ3v) is 5.42. The van der Waals surface area contributed by atoms with Gasteiger partial charge in [-0.1, -0.05) is 0 Å². The van der Waals surface area contributed by atoms with Crippen molar-refractivity contribution in [2.45, 2.75) is 31.7 Å². The first-order chi connectivity index (χ1) is 11.1. The highest BCUT2D eigenvalue weighted by molar-refractivity contribution is 5.80. The maximum absolute atomic E-state index is 12.7. The minimum absolute atomic E-state index is 0.0779. The number of carbonyl (C=O) groups is 2. The number of carbonyl (C=O) groups excluding carboxylic acids is 2. The lowest BCUT2D eigenvalue weighted by Crippen LogP contribution is -2.55. The summed E-state index contributed by atoms with van der Waals surface area (Å²) in [6.07, 6.45) is 3.93. The molecule has 0 saturated carbocycles. The van der Waals surface area contributed by atoms with Crippen LogP contribution in [0.15, 0.2) is 0 Å². The van der Waals surface area contributed by atoms with Gasteiger partial charge < -0.3 is 20.3 Å². The van der Waals surface area contributed by atoms with Crippen LogP contribution in [0.4, 0.5) is 4.79 Å². The van der Waals surface area contributed by atoms with E-state index in [-0.39, 0.29) is 11.8 Å². The van der Waals surface area contributed by atoms with E-state index in [4.69, 9.17) is 10.5 Å². The molecule has 0 spiro atoms. The Morgan fingerprint density at radius 3 is 2.26 bits per heavy atom. The van der Waals surface area contributed by atoms with Gasteiger partial charge in [0.1, 0.15) is 0 Å². The molecule has 23 heavy (non-hydrogen) atoms. The van der Waals surface area contributed by atoms with Crippen LogP contribution in [0.2, 0.25) is 0 Å². The van der Waals surface area contributed by atoms with Crippen LogP contribution in [0.25, 0.3) is 0 Å². The number of likely N-dealkylation sites (tertiary alicyclic amines) is 1. The lowest BCUT2D eigenvalue weighted by molar-refractivity contribution is -0.139. The number of nitrogens with two attached hydrogens (primary N) is 1. The Morgan fingerprint density at radius 2 is 1.61 bits per heavy atom. The van der Waals surface area contributed by atoms with Gasteiger partial charge in [0.05, 0.1) is 5.92 Å². The Hall–Kier alpha value is -1.34. The fourth-order valence-electron chi connectivity index (χ4n) is 3.99. The van der Waals surface area contributed by atoms with Crippen molar-refractivity contribution in [3.05, 3.63) is 0 Å². The van der Waals surface area contributed by atoms with Crippen LogP contribution in [-0.2, 0) is 9.53 Å². The third kappa shape index (κ3) is 3.95. The zero-order chi connectivity index (χ0) is 16.2. The van der Waals surface area contributed by atoms with Gasteiger partial charge in [0.2, 0.25) is 5.91 Å². The van der Waals surface area contributed by atoms with E-state index >= 15 is 0 Å². The van der Waals surface area contributed by atoms with E-state index in [1.54, 1.807) is 4.90 Å². The predicted molar refractivity (Wildman–Crippen MR) is 85.9 cm³/mol. The Kier molecular flexibility index (Phi) is 5.38. The smallest absolute Gasteiger partial charge is 0.314 e. The molecule has 3 aliphatic rings. The molecule has 1 unspecified atom stereocenters. The number of piperidine rings is 1. The molecule has 0 aliphatic carbocycles. The van der Waals surface area contributed by atoms with Crippen LogP contribution in [0, 0.1) is 5.92 Å². The Bertz CT molecular complexity index is 431. The SMILES string of the molecule is NC(=O)N1CCCC(C(=O)N2CCN(C3CCOCC3)CC2)C1. The molecule has 3 heterocycles. The van der Waals surface area contributed by atoms with Gasteiger partial charge in [-0.2, -0.15) is 0 Å². The highest BCUT2D eigenvalue weighted by Gasteiger charge is 2.33. The molecule has 3 rings (SSSR count). The average molecular weight is 324 g/mol. The number of urea groups is 1. The summed E-state index contributed by atoms with van der Waals surface area (Å²) < 4.78 is 5.42. The van der Waals surface area contributed by atoms with Crippen molar-refractivity contribution in [3.8, 4) is 0 Å². The van der Waals surface area contributed by atoms with Crippen molar-refractivity contribution in [3.63, 3.8) is 0 Å². The largest absolute Gasteiger partial charge is 0.381 e. The van der Waals surface area contributed by atoms with Gasteiger partial charge in [-0.05, 0) is 25.7 Å². The zero-order valence-corrected chi connectivity index (χ0v) is 13.8. The minimum Gasteiger partial charge on any atom is -0.381 e. The maximum Gasteiger partial charge on any atom is 0.314 e. The molecule has 3 fully saturated rings. The quantitative estimate of drug-likeness (QED) is 0.781. The second-order valence-corrected chi connectivity index (χ2v) is 6.83. The summed E-state index contributed by atoms with van der Waals surface area (Å²) in [5, 5.41) is 0. The van der Waals surface area contributed by atoms with Crippen molar-refractivity contribution in [1.82, 2.24) is 14.7 Å². The predicted octanol–water partition coefficient (Wildman–Crippen LogP) is 0.100. The molecule has 0 aromatic rings. The van der Waals surface area contributed by atoms with E-state index in [0.717, 1.165) is 65.1 Å². The van der Waals surface area contributed by atoms with E-state index in [0.29, 0.717) is 19.1 Å². The molecule has 3 aliphatic heterocycles. The molecule has 3 amide bonds. The number of amides is 3. The average Bonchev–Trinajstić information content (AvgIpc) is 2.62. The Morgan fingerprint density at radius 1 is 0.913 bits per heavy atom. The van der Waals surface area contributed by atoms with Gasteiger partial charge in [0.15, 0.2) is 0 Å². The molecule has 0 bridgehead atoms. The van der Waals surface area contributed by atoms with Gasteiger partial charge in [-0.3, -0.25) is 9.69 Å². The highest BCUT2D eigenvalue weighted by atomic mass is 16.5. The van der Waals surface area contributed by atoms with Crippen LogP contribution in [-0.4, -0.2) is 85.2 Å². The summed E-state index contributed by atoms with van der Waals surface area (Å²) in [6.45, 7) is 6.35. The molecule has 0 radical (unpaired) electrons. The number of ether oxygens (including phenoxy) is 1. The fourth-order valence-corrected chi connectivity index (χ4v) is 3.99. The van der Waals surface area contributed by atoms with E-state index in [2.05, 4.69) is 4.90 Å². The fraction of sp³-hybridized carbons (Fsp3) is 0.875. The van der Waals surface area contributed by atoms with Crippen molar-refractivity contribution in [2.24, 2.45) is 11.7 Å². The first-order valence-electron chi connectivity index (χ1n) is 8.80. The second-order valence-electron chi connectivity index (χ2n) is 6.83. The molecule has 1 atom stereocenters. The van der Waals surface area contributed by atoms with E-state index in [1.165, 1.54) is 0 Å². The molecule has 3 saturated heterocycles. The van der Waals surface area contributed by atoms with Crippen LogP contribution < -0.4 is 5.73 Å². The summed E-state index contributed by atoms with van der Waals surface area (Å²) >= 11 is 0. The van der Waals surface area contributed by atoms with Gasteiger partial charge in [0, 0.05) is 58.5 Å². The first-order valence-corrected chi connectivity index (χ1v) is 8.80.